The molecule has 1 aromatic carbocycles. The summed E-state index contributed by atoms with van der Waals surface area (Å²) in [5.74, 6) is -0.354. The molecule has 0 unspecified atom stereocenters. The first-order valence-electron chi connectivity index (χ1n) is 7.88. The fraction of sp³-hybridized carbons (Fsp3) is 0.167. The molecular weight excluding hydrogens is 374 g/mol. The molecule has 6 nitrogen and oxygen atoms in total. The maximum Gasteiger partial charge on any atom is 0.286 e. The minimum Gasteiger partial charge on any atom is -0.459 e. The van der Waals surface area contributed by atoms with Gasteiger partial charge in [0.25, 0.3) is 5.91 Å². The van der Waals surface area contributed by atoms with E-state index in [1.165, 1.54) is 17.6 Å². The van der Waals surface area contributed by atoms with Crippen molar-refractivity contribution in [3.05, 3.63) is 58.3 Å². The van der Waals surface area contributed by atoms with Crippen molar-refractivity contribution in [2.45, 2.75) is 13.3 Å². The van der Waals surface area contributed by atoms with Gasteiger partial charge in [0.05, 0.1) is 12.0 Å². The Morgan fingerprint density at radius 1 is 1.23 bits per heavy atom. The second kappa shape index (κ2) is 8.16. The lowest BCUT2D eigenvalue weighted by Crippen LogP contribution is -2.27. The van der Waals surface area contributed by atoms with Crippen LogP contribution >= 0.6 is 22.9 Å². The lowest BCUT2D eigenvalue weighted by atomic mass is 10.1. The molecule has 134 valence electrons. The minimum atomic E-state index is -0.349. The van der Waals surface area contributed by atoms with Crippen molar-refractivity contribution in [3.8, 4) is 11.3 Å². The number of aryl methyl sites for hydroxylation is 1. The summed E-state index contributed by atoms with van der Waals surface area (Å²) in [6, 6.07) is 10.6. The normalized spacial score (nSPS) is 10.5. The summed E-state index contributed by atoms with van der Waals surface area (Å²) in [4.78, 5) is 29.2. The topological polar surface area (TPSA) is 84.2 Å². The maximum atomic E-state index is 12.0. The van der Waals surface area contributed by atoms with Crippen molar-refractivity contribution in [3.63, 3.8) is 0 Å². The minimum absolute atomic E-state index is 0.140. The van der Waals surface area contributed by atoms with Crippen molar-refractivity contribution in [2.24, 2.45) is 0 Å². The number of carbonyl (C=O) groups is 2. The van der Waals surface area contributed by atoms with Crippen molar-refractivity contribution < 1.29 is 14.0 Å². The Kier molecular flexibility index (Phi) is 5.70. The molecule has 0 saturated heterocycles. The number of thiazole rings is 1. The van der Waals surface area contributed by atoms with Crippen LogP contribution in [0.1, 0.15) is 21.9 Å². The summed E-state index contributed by atoms with van der Waals surface area (Å²) in [6.45, 7) is 2.15. The van der Waals surface area contributed by atoms with Gasteiger partial charge in [0.15, 0.2) is 10.9 Å². The van der Waals surface area contributed by atoms with E-state index in [1.54, 1.807) is 24.3 Å². The molecule has 2 heterocycles. The van der Waals surface area contributed by atoms with Gasteiger partial charge in [-0.05, 0) is 31.2 Å². The summed E-state index contributed by atoms with van der Waals surface area (Å²) in [5, 5.41) is 6.57. The smallest absolute Gasteiger partial charge is 0.286 e. The molecule has 2 N–H and O–H groups in total. The van der Waals surface area contributed by atoms with Gasteiger partial charge >= 0.3 is 0 Å². The number of nitrogens with zero attached hydrogens (tertiary/aromatic N) is 1. The van der Waals surface area contributed by atoms with E-state index in [4.69, 9.17) is 16.0 Å². The second-order valence-corrected chi connectivity index (χ2v) is 7.10. The van der Waals surface area contributed by atoms with Gasteiger partial charge in [0, 0.05) is 28.4 Å². The number of furan rings is 1. The molecule has 0 bridgehead atoms. The maximum absolute atomic E-state index is 12.0. The third-order valence-electron chi connectivity index (χ3n) is 3.54. The Labute approximate surface area is 159 Å². The molecule has 3 rings (SSSR count). The molecule has 3 aromatic rings. The molecule has 0 spiro atoms. The fourth-order valence-electron chi connectivity index (χ4n) is 2.29. The number of amides is 2. The Hall–Kier alpha value is -2.64. The van der Waals surface area contributed by atoms with Gasteiger partial charge in [-0.3, -0.25) is 9.59 Å². The van der Waals surface area contributed by atoms with E-state index < -0.39 is 0 Å². The molecule has 0 radical (unpaired) electrons. The van der Waals surface area contributed by atoms with E-state index in [9.17, 15) is 9.59 Å². The quantitative estimate of drug-likeness (QED) is 0.664. The zero-order chi connectivity index (χ0) is 18.5. The van der Waals surface area contributed by atoms with E-state index in [0.29, 0.717) is 10.2 Å². The third-order valence-corrected chi connectivity index (χ3v) is 4.68. The predicted molar refractivity (Wildman–Crippen MR) is 102 cm³/mol. The number of rotatable bonds is 6. The molecule has 8 heteroatoms. The first kappa shape index (κ1) is 18.2. The summed E-state index contributed by atoms with van der Waals surface area (Å²) in [6.07, 6.45) is 1.56. The average Bonchev–Trinajstić information content (AvgIpc) is 3.25. The highest BCUT2D eigenvalue weighted by atomic mass is 35.5. The number of anilines is 1. The monoisotopic (exact) mass is 389 g/mol. The van der Waals surface area contributed by atoms with Crippen LogP contribution in [0.2, 0.25) is 5.02 Å². The number of aromatic nitrogens is 1. The van der Waals surface area contributed by atoms with Crippen molar-refractivity contribution in [1.29, 1.82) is 0 Å². The van der Waals surface area contributed by atoms with Gasteiger partial charge in [-0.25, -0.2) is 4.98 Å². The van der Waals surface area contributed by atoms with Gasteiger partial charge in [-0.1, -0.05) is 23.7 Å². The standard InChI is InChI=1S/C18H16ClN3O3S/c1-11-16(12-4-6-13(19)7-5-12)22-18(26-11)21-15(23)8-9-20-17(24)14-3-2-10-25-14/h2-7,10H,8-9H2,1H3,(H,20,24)(H,21,22,23). The summed E-state index contributed by atoms with van der Waals surface area (Å²) in [7, 11) is 0. The molecule has 0 aliphatic carbocycles. The Morgan fingerprint density at radius 3 is 2.69 bits per heavy atom. The Morgan fingerprint density at radius 2 is 2.00 bits per heavy atom. The highest BCUT2D eigenvalue weighted by Crippen LogP contribution is 2.31. The molecular formula is C18H16ClN3O3S. The van der Waals surface area contributed by atoms with Gasteiger partial charge in [0.2, 0.25) is 5.91 Å². The lowest BCUT2D eigenvalue weighted by molar-refractivity contribution is -0.116. The number of halogens is 1. The van der Waals surface area contributed by atoms with Crippen LogP contribution in [0.15, 0.2) is 47.1 Å². The average molecular weight is 390 g/mol. The SMILES string of the molecule is Cc1sc(NC(=O)CCNC(=O)c2ccco2)nc1-c1ccc(Cl)cc1. The van der Waals surface area contributed by atoms with E-state index in [2.05, 4.69) is 15.6 Å². The van der Waals surface area contributed by atoms with Crippen LogP contribution in [0.3, 0.4) is 0 Å². The zero-order valence-electron chi connectivity index (χ0n) is 13.9. The highest BCUT2D eigenvalue weighted by molar-refractivity contribution is 7.16. The van der Waals surface area contributed by atoms with Crippen LogP contribution in [0, 0.1) is 6.92 Å². The molecule has 26 heavy (non-hydrogen) atoms. The van der Waals surface area contributed by atoms with Crippen LogP contribution in [0.4, 0.5) is 5.13 Å². The molecule has 0 aliphatic heterocycles. The lowest BCUT2D eigenvalue weighted by Gasteiger charge is -2.03. The van der Waals surface area contributed by atoms with Crippen LogP contribution < -0.4 is 10.6 Å². The van der Waals surface area contributed by atoms with Crippen LogP contribution in [-0.4, -0.2) is 23.3 Å². The number of hydrogen-bond acceptors (Lipinski definition) is 5. The second-order valence-electron chi connectivity index (χ2n) is 5.46. The fourth-order valence-corrected chi connectivity index (χ4v) is 3.27. The molecule has 2 amide bonds. The number of nitrogens with one attached hydrogen (secondary N) is 2. The summed E-state index contributed by atoms with van der Waals surface area (Å²) < 4.78 is 4.98. The molecule has 0 atom stereocenters. The molecule has 2 aromatic heterocycles. The number of hydrogen-bond donors (Lipinski definition) is 2. The molecule has 0 aliphatic rings. The van der Waals surface area contributed by atoms with Gasteiger partial charge < -0.3 is 15.1 Å². The summed E-state index contributed by atoms with van der Waals surface area (Å²) >= 11 is 7.31. The van der Waals surface area contributed by atoms with Gasteiger partial charge in [-0.2, -0.15) is 0 Å². The van der Waals surface area contributed by atoms with E-state index >= 15 is 0 Å². The molecule has 0 fully saturated rings. The largest absolute Gasteiger partial charge is 0.459 e. The first-order chi connectivity index (χ1) is 12.5. The van der Waals surface area contributed by atoms with Crippen LogP contribution in [-0.2, 0) is 4.79 Å². The van der Waals surface area contributed by atoms with Crippen LogP contribution in [0.5, 0.6) is 0 Å². The van der Waals surface area contributed by atoms with E-state index in [-0.39, 0.29) is 30.5 Å². The van der Waals surface area contributed by atoms with Crippen molar-refractivity contribution in [1.82, 2.24) is 10.3 Å². The summed E-state index contributed by atoms with van der Waals surface area (Å²) in [5.41, 5.74) is 1.75. The van der Waals surface area contributed by atoms with Crippen molar-refractivity contribution >= 4 is 39.9 Å². The Bertz CT molecular complexity index is 904. The van der Waals surface area contributed by atoms with Gasteiger partial charge in [-0.15, -0.1) is 11.3 Å². The highest BCUT2D eigenvalue weighted by Gasteiger charge is 2.13. The van der Waals surface area contributed by atoms with Gasteiger partial charge in [0.1, 0.15) is 0 Å². The molecule has 0 saturated carbocycles. The zero-order valence-corrected chi connectivity index (χ0v) is 15.5. The Balaban J connectivity index is 1.54. The van der Waals surface area contributed by atoms with E-state index in [1.807, 2.05) is 19.1 Å². The van der Waals surface area contributed by atoms with Crippen LogP contribution in [0.25, 0.3) is 11.3 Å². The predicted octanol–water partition coefficient (Wildman–Crippen LogP) is 4.12. The number of benzene rings is 1. The first-order valence-corrected chi connectivity index (χ1v) is 9.07. The van der Waals surface area contributed by atoms with Crippen molar-refractivity contribution in [2.75, 3.05) is 11.9 Å². The van der Waals surface area contributed by atoms with E-state index in [0.717, 1.165) is 16.1 Å². The number of carbonyl (C=O) groups excluding carboxylic acids is 2. The third kappa shape index (κ3) is 4.50.